The molecule has 3 rings (SSSR count). The molecule has 2 aromatic carbocycles. The molecule has 0 N–H and O–H groups in total. The smallest absolute Gasteiger partial charge is 0.256 e. The molecular weight excluding hydrogens is 392 g/mol. The number of methoxy groups -OCH3 is 2. The normalized spacial score (nSPS) is 21.4. The zero-order valence-electron chi connectivity index (χ0n) is 19.4. The number of likely N-dealkylation sites (N-methyl/N-ethyl adjacent to an activating group) is 1. The Morgan fingerprint density at radius 1 is 1.03 bits per heavy atom. The largest absolute Gasteiger partial charge is 0.493 e. The van der Waals surface area contributed by atoms with Crippen molar-refractivity contribution in [2.45, 2.75) is 45.8 Å². The van der Waals surface area contributed by atoms with Crippen molar-refractivity contribution in [1.29, 1.82) is 0 Å². The average molecular weight is 425 g/mol. The lowest BCUT2D eigenvalue weighted by Gasteiger charge is -2.42. The second-order valence-electron chi connectivity index (χ2n) is 9.34. The maximum Gasteiger partial charge on any atom is 0.256 e. The van der Waals surface area contributed by atoms with E-state index in [9.17, 15) is 9.59 Å². The summed E-state index contributed by atoms with van der Waals surface area (Å²) in [7, 11) is 4.95. The minimum atomic E-state index is -1.04. The van der Waals surface area contributed by atoms with Gasteiger partial charge in [-0.2, -0.15) is 0 Å². The summed E-state index contributed by atoms with van der Waals surface area (Å²) in [5, 5.41) is 0. The molecule has 0 spiro atoms. The van der Waals surface area contributed by atoms with Crippen LogP contribution in [0.5, 0.6) is 11.5 Å². The minimum absolute atomic E-state index is 0.0773. The molecule has 0 saturated carbocycles. The molecule has 2 aromatic rings. The molecule has 0 radical (unpaired) electrons. The van der Waals surface area contributed by atoms with Crippen molar-refractivity contribution in [1.82, 2.24) is 9.80 Å². The number of amides is 2. The van der Waals surface area contributed by atoms with Crippen LogP contribution in [0.3, 0.4) is 0 Å². The number of rotatable bonds is 5. The highest BCUT2D eigenvalue weighted by Gasteiger charge is 2.58. The molecule has 0 aliphatic carbocycles. The predicted octanol–water partition coefficient (Wildman–Crippen LogP) is 3.99. The lowest BCUT2D eigenvalue weighted by molar-refractivity contribution is -0.132. The van der Waals surface area contributed by atoms with Gasteiger partial charge in [-0.05, 0) is 36.8 Å². The molecule has 31 heavy (non-hydrogen) atoms. The van der Waals surface area contributed by atoms with Crippen molar-refractivity contribution in [2.75, 3.05) is 21.3 Å². The zero-order chi connectivity index (χ0) is 23.0. The fourth-order valence-electron chi connectivity index (χ4n) is 4.61. The Balaban J connectivity index is 2.10. The first-order valence-corrected chi connectivity index (χ1v) is 10.4. The summed E-state index contributed by atoms with van der Waals surface area (Å²) in [6.07, 6.45) is -0.0142. The molecule has 0 aromatic heterocycles. The van der Waals surface area contributed by atoms with Crippen LogP contribution in [-0.2, 0) is 11.2 Å². The third-order valence-corrected chi connectivity index (χ3v) is 5.93. The SMILES string of the molecule is COc1ccc(C[C@@]2(C)C(=O)N(C)[C@H](C(C)(C)C)N2C(=O)c2ccccc2)cc1OC. The Morgan fingerprint density at radius 2 is 1.65 bits per heavy atom. The van der Waals surface area contributed by atoms with E-state index in [-0.39, 0.29) is 23.4 Å². The second kappa shape index (κ2) is 8.25. The number of nitrogens with zero attached hydrogens (tertiary/aromatic N) is 2. The molecule has 1 heterocycles. The molecule has 6 heteroatoms. The fraction of sp³-hybridized carbons (Fsp3) is 0.440. The summed E-state index contributed by atoms with van der Waals surface area (Å²) in [6.45, 7) is 8.01. The third kappa shape index (κ3) is 3.99. The summed E-state index contributed by atoms with van der Waals surface area (Å²) in [6, 6.07) is 14.7. The van der Waals surface area contributed by atoms with Crippen molar-refractivity contribution >= 4 is 11.8 Å². The third-order valence-electron chi connectivity index (χ3n) is 5.93. The first-order valence-electron chi connectivity index (χ1n) is 10.4. The molecular formula is C25H32N2O4. The van der Waals surface area contributed by atoms with E-state index in [0.29, 0.717) is 23.5 Å². The molecule has 2 atom stereocenters. The van der Waals surface area contributed by atoms with Gasteiger partial charge in [-0.3, -0.25) is 9.59 Å². The summed E-state index contributed by atoms with van der Waals surface area (Å²) in [5.74, 6) is 0.986. The van der Waals surface area contributed by atoms with E-state index < -0.39 is 5.54 Å². The lowest BCUT2D eigenvalue weighted by atomic mass is 9.87. The molecule has 1 fully saturated rings. The van der Waals surface area contributed by atoms with Gasteiger partial charge in [0, 0.05) is 24.4 Å². The van der Waals surface area contributed by atoms with E-state index in [1.807, 2.05) is 43.3 Å². The Hall–Kier alpha value is -3.02. The van der Waals surface area contributed by atoms with Crippen molar-refractivity contribution in [3.05, 3.63) is 59.7 Å². The monoisotopic (exact) mass is 424 g/mol. The minimum Gasteiger partial charge on any atom is -0.493 e. The van der Waals surface area contributed by atoms with Crippen LogP contribution in [0, 0.1) is 5.41 Å². The van der Waals surface area contributed by atoms with E-state index in [1.165, 1.54) is 0 Å². The number of carbonyl (C=O) groups is 2. The molecule has 6 nitrogen and oxygen atoms in total. The summed E-state index contributed by atoms with van der Waals surface area (Å²) >= 11 is 0. The van der Waals surface area contributed by atoms with E-state index in [2.05, 4.69) is 20.8 Å². The van der Waals surface area contributed by atoms with Crippen LogP contribution in [0.2, 0.25) is 0 Å². The van der Waals surface area contributed by atoms with Crippen molar-refractivity contribution < 1.29 is 19.1 Å². The molecule has 1 saturated heterocycles. The summed E-state index contributed by atoms with van der Waals surface area (Å²) in [4.78, 5) is 30.8. The van der Waals surface area contributed by atoms with E-state index in [4.69, 9.17) is 9.47 Å². The van der Waals surface area contributed by atoms with Crippen LogP contribution < -0.4 is 9.47 Å². The van der Waals surface area contributed by atoms with Gasteiger partial charge >= 0.3 is 0 Å². The molecule has 0 bridgehead atoms. The van der Waals surface area contributed by atoms with Gasteiger partial charge in [0.2, 0.25) is 5.91 Å². The van der Waals surface area contributed by atoms with Crippen molar-refractivity contribution in [3.63, 3.8) is 0 Å². The Kier molecular flexibility index (Phi) is 6.03. The van der Waals surface area contributed by atoms with Gasteiger partial charge in [0.05, 0.1) is 14.2 Å². The van der Waals surface area contributed by atoms with Crippen molar-refractivity contribution in [2.24, 2.45) is 5.41 Å². The number of hydrogen-bond donors (Lipinski definition) is 0. The van der Waals surface area contributed by atoms with Crippen LogP contribution in [-0.4, -0.2) is 54.6 Å². The first-order chi connectivity index (χ1) is 14.5. The van der Waals surface area contributed by atoms with E-state index >= 15 is 0 Å². The lowest BCUT2D eigenvalue weighted by Crippen LogP contribution is -2.56. The number of carbonyl (C=O) groups excluding carboxylic acids is 2. The van der Waals surface area contributed by atoms with E-state index in [0.717, 1.165) is 5.56 Å². The highest BCUT2D eigenvalue weighted by atomic mass is 16.5. The van der Waals surface area contributed by atoms with Gasteiger partial charge in [-0.25, -0.2) is 0 Å². The molecule has 1 aliphatic rings. The maximum atomic E-state index is 13.7. The Morgan fingerprint density at radius 3 is 2.19 bits per heavy atom. The molecule has 0 unspecified atom stereocenters. The highest BCUT2D eigenvalue weighted by Crippen LogP contribution is 2.42. The van der Waals surface area contributed by atoms with E-state index in [1.54, 1.807) is 43.2 Å². The zero-order valence-corrected chi connectivity index (χ0v) is 19.4. The Labute approximate surface area is 184 Å². The summed E-state index contributed by atoms with van der Waals surface area (Å²) < 4.78 is 10.8. The number of benzene rings is 2. The highest BCUT2D eigenvalue weighted by molar-refractivity contribution is 6.01. The topological polar surface area (TPSA) is 59.1 Å². The van der Waals surface area contributed by atoms with Crippen molar-refractivity contribution in [3.8, 4) is 11.5 Å². The predicted molar refractivity (Wildman–Crippen MR) is 120 cm³/mol. The molecule has 166 valence electrons. The fourth-order valence-corrected chi connectivity index (χ4v) is 4.61. The first kappa shape index (κ1) is 22.7. The maximum absolute atomic E-state index is 13.7. The quantitative estimate of drug-likeness (QED) is 0.728. The van der Waals surface area contributed by atoms with Gasteiger partial charge in [0.1, 0.15) is 11.7 Å². The van der Waals surface area contributed by atoms with Gasteiger partial charge in [-0.1, -0.05) is 45.0 Å². The van der Waals surface area contributed by atoms with Crippen LogP contribution in [0.25, 0.3) is 0 Å². The van der Waals surface area contributed by atoms with Crippen LogP contribution in [0.15, 0.2) is 48.5 Å². The van der Waals surface area contributed by atoms with Crippen LogP contribution in [0.1, 0.15) is 43.6 Å². The number of hydrogen-bond acceptors (Lipinski definition) is 4. The number of ether oxygens (including phenoxy) is 2. The van der Waals surface area contributed by atoms with Gasteiger partial charge in [0.15, 0.2) is 11.5 Å². The standard InChI is InChI=1S/C25H32N2O4/c1-24(2,3)22-26(5)23(29)25(4,27(22)21(28)18-11-9-8-10-12-18)16-17-13-14-19(30-6)20(15-17)31-7/h8-15,22H,16H2,1-7H3/t22-,25-/m0/s1. The van der Waals surface area contributed by atoms with Crippen LogP contribution >= 0.6 is 0 Å². The molecule has 2 amide bonds. The van der Waals surface area contributed by atoms with Crippen LogP contribution in [0.4, 0.5) is 0 Å². The molecule has 1 aliphatic heterocycles. The van der Waals surface area contributed by atoms with Gasteiger partial charge < -0.3 is 19.3 Å². The average Bonchev–Trinajstić information content (AvgIpc) is 2.94. The Bertz CT molecular complexity index is 967. The second-order valence-corrected chi connectivity index (χ2v) is 9.34. The summed E-state index contributed by atoms with van der Waals surface area (Å²) in [5.41, 5.74) is 0.0874. The van der Waals surface area contributed by atoms with Gasteiger partial charge in [0.25, 0.3) is 5.91 Å². The van der Waals surface area contributed by atoms with Gasteiger partial charge in [-0.15, -0.1) is 0 Å².